The molecule has 9 heteroatoms. The van der Waals surface area contributed by atoms with E-state index in [1.807, 2.05) is 4.90 Å². The Kier molecular flexibility index (Phi) is 7.40. The van der Waals surface area contributed by atoms with E-state index in [-0.39, 0.29) is 18.2 Å². The van der Waals surface area contributed by atoms with E-state index in [9.17, 15) is 23.1 Å². The van der Waals surface area contributed by atoms with E-state index >= 15 is 0 Å². The first-order valence-corrected chi connectivity index (χ1v) is 10.0. The number of nitrogens with one attached hydrogen (secondary N) is 1. The molecular weight excluding hydrogens is 411 g/mol. The molecule has 2 N–H and O–H groups in total. The van der Waals surface area contributed by atoms with Crippen molar-refractivity contribution in [1.82, 2.24) is 4.90 Å². The number of carbonyl (C=O) groups is 1. The van der Waals surface area contributed by atoms with Crippen LogP contribution in [0.15, 0.2) is 48.5 Å². The van der Waals surface area contributed by atoms with Gasteiger partial charge in [0, 0.05) is 45.3 Å². The van der Waals surface area contributed by atoms with Crippen LogP contribution in [0.5, 0.6) is 5.75 Å². The summed E-state index contributed by atoms with van der Waals surface area (Å²) < 4.78 is 45.5. The molecule has 1 unspecified atom stereocenters. The third kappa shape index (κ3) is 6.35. The van der Waals surface area contributed by atoms with E-state index in [0.29, 0.717) is 44.2 Å². The predicted octanol–water partition coefficient (Wildman–Crippen LogP) is 3.23. The predicted molar refractivity (Wildman–Crippen MR) is 112 cm³/mol. The normalized spacial score (nSPS) is 16.1. The number of ether oxygens (including phenoxy) is 1. The fraction of sp³-hybridized carbons (Fsp3) is 0.409. The summed E-state index contributed by atoms with van der Waals surface area (Å²) in [6.45, 7) is 3.72. The monoisotopic (exact) mass is 437 g/mol. The van der Waals surface area contributed by atoms with Crippen molar-refractivity contribution in [3.63, 3.8) is 0 Å². The van der Waals surface area contributed by atoms with Gasteiger partial charge in [-0.1, -0.05) is 24.3 Å². The maximum atomic E-state index is 13.3. The highest BCUT2D eigenvalue weighted by atomic mass is 19.4. The molecule has 6 nitrogen and oxygen atoms in total. The number of anilines is 2. The van der Waals surface area contributed by atoms with Crippen LogP contribution in [0.3, 0.4) is 0 Å². The molecule has 1 fully saturated rings. The number of β-amino-alcohol motifs (C(OH)–C–C–N with tert-alkyl or cyclic N) is 1. The fourth-order valence-corrected chi connectivity index (χ4v) is 3.58. The van der Waals surface area contributed by atoms with Gasteiger partial charge >= 0.3 is 6.18 Å². The molecule has 0 aliphatic carbocycles. The number of rotatable bonds is 7. The van der Waals surface area contributed by atoms with Crippen molar-refractivity contribution in [3.05, 3.63) is 54.1 Å². The number of aliphatic hydroxyl groups excluding tert-OH is 1. The summed E-state index contributed by atoms with van der Waals surface area (Å²) in [5.41, 5.74) is 0.0852. The topological polar surface area (TPSA) is 65.0 Å². The lowest BCUT2D eigenvalue weighted by Crippen LogP contribution is -2.49. The van der Waals surface area contributed by atoms with E-state index in [4.69, 9.17) is 4.74 Å². The van der Waals surface area contributed by atoms with E-state index in [0.717, 1.165) is 6.07 Å². The fourth-order valence-electron chi connectivity index (χ4n) is 3.58. The first-order chi connectivity index (χ1) is 14.7. The number of para-hydroxylation sites is 3. The number of nitrogens with zero attached hydrogens (tertiary/aromatic N) is 2. The molecule has 168 valence electrons. The molecular formula is C22H26F3N3O3. The summed E-state index contributed by atoms with van der Waals surface area (Å²) in [7, 11) is 0. The summed E-state index contributed by atoms with van der Waals surface area (Å²) in [5.74, 6) is 0.242. The lowest BCUT2D eigenvalue weighted by molar-refractivity contribution is -0.137. The number of amides is 1. The molecule has 3 rings (SSSR count). The lowest BCUT2D eigenvalue weighted by Gasteiger charge is -2.37. The molecule has 2 aromatic rings. The van der Waals surface area contributed by atoms with Crippen molar-refractivity contribution in [2.75, 3.05) is 49.5 Å². The van der Waals surface area contributed by atoms with Crippen molar-refractivity contribution in [1.29, 1.82) is 0 Å². The molecule has 31 heavy (non-hydrogen) atoms. The van der Waals surface area contributed by atoms with Crippen LogP contribution in [0, 0.1) is 0 Å². The van der Waals surface area contributed by atoms with Gasteiger partial charge in [-0.15, -0.1) is 0 Å². The second-order valence-electron chi connectivity index (χ2n) is 7.44. The Labute approximate surface area is 179 Å². The van der Waals surface area contributed by atoms with Gasteiger partial charge in [0.25, 0.3) is 0 Å². The van der Waals surface area contributed by atoms with Crippen molar-refractivity contribution in [3.8, 4) is 5.75 Å². The van der Waals surface area contributed by atoms with Crippen LogP contribution in [0.4, 0.5) is 24.5 Å². The van der Waals surface area contributed by atoms with Crippen molar-refractivity contribution >= 4 is 17.3 Å². The van der Waals surface area contributed by atoms with Crippen LogP contribution < -0.4 is 15.0 Å². The summed E-state index contributed by atoms with van der Waals surface area (Å²) in [4.78, 5) is 15.0. The zero-order valence-electron chi connectivity index (χ0n) is 17.2. The molecule has 1 atom stereocenters. The maximum absolute atomic E-state index is 13.3. The minimum Gasteiger partial charge on any atom is -0.489 e. The van der Waals surface area contributed by atoms with E-state index in [1.165, 1.54) is 19.1 Å². The molecule has 1 aliphatic rings. The first kappa shape index (κ1) is 22.9. The number of piperazine rings is 1. The molecule has 0 radical (unpaired) electrons. The lowest BCUT2D eigenvalue weighted by atomic mass is 10.1. The standard InChI is InChI=1S/C22H26F3N3O3/c1-16(29)26-19-7-3-5-9-21(19)31-15-17(30)14-27-10-12-28(13-11-27)20-8-4-2-6-18(20)22(23,24)25/h2-9,17,30H,10-15H2,1H3,(H,26,29). The molecule has 0 spiro atoms. The Morgan fingerprint density at radius 2 is 1.74 bits per heavy atom. The van der Waals surface area contributed by atoms with Gasteiger partial charge < -0.3 is 20.1 Å². The maximum Gasteiger partial charge on any atom is 0.418 e. The summed E-state index contributed by atoms with van der Waals surface area (Å²) >= 11 is 0. The summed E-state index contributed by atoms with van der Waals surface area (Å²) in [5, 5.41) is 13.0. The van der Waals surface area contributed by atoms with Gasteiger partial charge in [0.2, 0.25) is 5.91 Å². The summed E-state index contributed by atoms with van der Waals surface area (Å²) in [6, 6.07) is 12.5. The highest BCUT2D eigenvalue weighted by Gasteiger charge is 2.35. The Hall–Kier alpha value is -2.78. The highest BCUT2D eigenvalue weighted by Crippen LogP contribution is 2.36. The van der Waals surface area contributed by atoms with Crippen LogP contribution in [-0.2, 0) is 11.0 Å². The second-order valence-corrected chi connectivity index (χ2v) is 7.44. The molecule has 0 aromatic heterocycles. The molecule has 0 bridgehead atoms. The van der Waals surface area contributed by atoms with Gasteiger partial charge in [-0.2, -0.15) is 13.2 Å². The second kappa shape index (κ2) is 10.0. The average molecular weight is 437 g/mol. The Balaban J connectivity index is 1.50. The highest BCUT2D eigenvalue weighted by molar-refractivity contribution is 5.90. The molecule has 1 saturated heterocycles. The van der Waals surface area contributed by atoms with Gasteiger partial charge in [-0.25, -0.2) is 0 Å². The molecule has 1 amide bonds. The van der Waals surface area contributed by atoms with E-state index in [1.54, 1.807) is 35.2 Å². The van der Waals surface area contributed by atoms with Gasteiger partial charge in [0.15, 0.2) is 0 Å². The minimum atomic E-state index is -4.39. The number of aliphatic hydroxyl groups is 1. The van der Waals surface area contributed by atoms with Gasteiger partial charge in [0.05, 0.1) is 11.3 Å². The number of alkyl halides is 3. The first-order valence-electron chi connectivity index (χ1n) is 10.0. The van der Waals surface area contributed by atoms with Crippen molar-refractivity contribution in [2.45, 2.75) is 19.2 Å². The van der Waals surface area contributed by atoms with Crippen LogP contribution in [0.1, 0.15) is 12.5 Å². The minimum absolute atomic E-state index is 0.0354. The number of carbonyl (C=O) groups excluding carboxylic acids is 1. The van der Waals surface area contributed by atoms with Gasteiger partial charge in [-0.05, 0) is 24.3 Å². The SMILES string of the molecule is CC(=O)Nc1ccccc1OCC(O)CN1CCN(c2ccccc2C(F)(F)F)CC1. The number of hydrogen-bond acceptors (Lipinski definition) is 5. The molecule has 1 heterocycles. The third-order valence-electron chi connectivity index (χ3n) is 5.02. The number of hydrogen-bond donors (Lipinski definition) is 2. The largest absolute Gasteiger partial charge is 0.489 e. The van der Waals surface area contributed by atoms with Gasteiger partial charge in [-0.3, -0.25) is 9.69 Å². The zero-order valence-corrected chi connectivity index (χ0v) is 17.2. The molecule has 0 saturated carbocycles. The van der Waals surface area contributed by atoms with Crippen LogP contribution in [0.2, 0.25) is 0 Å². The van der Waals surface area contributed by atoms with Gasteiger partial charge in [0.1, 0.15) is 18.5 Å². The third-order valence-corrected chi connectivity index (χ3v) is 5.02. The van der Waals surface area contributed by atoms with Crippen molar-refractivity contribution < 1.29 is 27.8 Å². The Morgan fingerprint density at radius 1 is 1.10 bits per heavy atom. The smallest absolute Gasteiger partial charge is 0.418 e. The summed E-state index contributed by atoms with van der Waals surface area (Å²) in [6.07, 6.45) is -5.17. The Bertz CT molecular complexity index is 884. The van der Waals surface area contributed by atoms with Crippen molar-refractivity contribution in [2.24, 2.45) is 0 Å². The van der Waals surface area contributed by atoms with Crippen LogP contribution in [0.25, 0.3) is 0 Å². The van der Waals surface area contributed by atoms with Crippen LogP contribution >= 0.6 is 0 Å². The number of benzene rings is 2. The number of halogens is 3. The average Bonchev–Trinajstić information content (AvgIpc) is 2.73. The molecule has 2 aromatic carbocycles. The van der Waals surface area contributed by atoms with E-state index in [2.05, 4.69) is 5.32 Å². The molecule has 1 aliphatic heterocycles. The van der Waals surface area contributed by atoms with E-state index < -0.39 is 17.8 Å². The van der Waals surface area contributed by atoms with Crippen LogP contribution in [-0.4, -0.2) is 61.3 Å². The Morgan fingerprint density at radius 3 is 2.42 bits per heavy atom. The quantitative estimate of drug-likeness (QED) is 0.697. The zero-order chi connectivity index (χ0) is 22.4.